The highest BCUT2D eigenvalue weighted by molar-refractivity contribution is 6.35. The number of aromatic nitrogens is 1. The Morgan fingerprint density at radius 3 is 2.73 bits per heavy atom. The molecule has 1 unspecified atom stereocenters. The molecule has 0 aliphatic carbocycles. The van der Waals surface area contributed by atoms with Crippen molar-refractivity contribution in [1.29, 1.82) is 0 Å². The van der Waals surface area contributed by atoms with Crippen molar-refractivity contribution in [2.24, 2.45) is 5.73 Å². The Morgan fingerprint density at radius 2 is 2.08 bits per heavy atom. The smallest absolute Gasteiger partial charge is 0.261 e. The first kappa shape index (κ1) is 25.3. The largest absolute Gasteiger partial charge is 0.507 e. The van der Waals surface area contributed by atoms with Gasteiger partial charge in [-0.25, -0.2) is 9.37 Å². The lowest BCUT2D eigenvalue weighted by molar-refractivity contribution is -0.128. The number of benzene rings is 1. The lowest BCUT2D eigenvalue weighted by Gasteiger charge is -2.40. The molecule has 0 spiro atoms. The molecule has 1 aromatic carbocycles. The second-order valence-corrected chi connectivity index (χ2v) is 10.5. The van der Waals surface area contributed by atoms with E-state index >= 15 is 0 Å². The number of amides is 2. The summed E-state index contributed by atoms with van der Waals surface area (Å²) in [5, 5.41) is 10.4. The van der Waals surface area contributed by atoms with Crippen molar-refractivity contribution in [3.63, 3.8) is 0 Å². The number of hydrogen-bond acceptors (Lipinski definition) is 7. The summed E-state index contributed by atoms with van der Waals surface area (Å²) >= 11 is 6.76. The molecule has 4 heterocycles. The van der Waals surface area contributed by atoms with Crippen molar-refractivity contribution in [2.75, 3.05) is 37.7 Å². The van der Waals surface area contributed by atoms with Gasteiger partial charge in [-0.15, -0.1) is 0 Å². The zero-order valence-electron chi connectivity index (χ0n) is 20.7. The number of carbonyl (C=O) groups is 2. The molecule has 0 saturated carbocycles. The van der Waals surface area contributed by atoms with Crippen molar-refractivity contribution in [3.05, 3.63) is 47.3 Å². The van der Waals surface area contributed by atoms with Gasteiger partial charge in [0.05, 0.1) is 17.1 Å². The van der Waals surface area contributed by atoms with Gasteiger partial charge in [0.1, 0.15) is 40.3 Å². The first-order valence-corrected chi connectivity index (χ1v) is 12.5. The summed E-state index contributed by atoms with van der Waals surface area (Å²) in [4.78, 5) is 36.2. The predicted molar refractivity (Wildman–Crippen MR) is 137 cm³/mol. The number of aromatic hydroxyl groups is 1. The van der Waals surface area contributed by atoms with Gasteiger partial charge in [0.2, 0.25) is 5.91 Å². The average Bonchev–Trinajstić information content (AvgIpc) is 3.04. The summed E-state index contributed by atoms with van der Waals surface area (Å²) in [5.41, 5.74) is 5.78. The molecule has 2 atom stereocenters. The Kier molecular flexibility index (Phi) is 6.27. The standard InChI is InChI=1S/C26H29ClFN5O4/c1-4-18(35)31-10-11-32-14(12-31)13-37-23-20(25(32)36)24(33-9-8-17(29)26(33,2)3)30-22(21(23)27)19-15(28)6-5-7-16(19)34/h4-7,14,17,34H,1,8-13,29H2,2-3H3/t14-,17?/m1/s1. The molecule has 9 nitrogen and oxygen atoms in total. The lowest BCUT2D eigenvalue weighted by atomic mass is 9.96. The van der Waals surface area contributed by atoms with E-state index in [9.17, 15) is 19.1 Å². The van der Waals surface area contributed by atoms with Crippen LogP contribution in [0, 0.1) is 5.82 Å². The van der Waals surface area contributed by atoms with Crippen molar-refractivity contribution >= 4 is 29.2 Å². The van der Waals surface area contributed by atoms with Gasteiger partial charge in [-0.2, -0.15) is 0 Å². The molecule has 2 aromatic rings. The van der Waals surface area contributed by atoms with Gasteiger partial charge in [-0.05, 0) is 38.5 Å². The van der Waals surface area contributed by atoms with Crippen LogP contribution in [0.5, 0.6) is 11.5 Å². The van der Waals surface area contributed by atoms with Crippen LogP contribution in [0.15, 0.2) is 30.9 Å². The molecule has 1 aromatic heterocycles. The van der Waals surface area contributed by atoms with Crippen LogP contribution in [0.4, 0.5) is 10.2 Å². The summed E-state index contributed by atoms with van der Waals surface area (Å²) in [7, 11) is 0. The second kappa shape index (κ2) is 9.18. The van der Waals surface area contributed by atoms with Gasteiger partial charge in [-0.1, -0.05) is 24.2 Å². The number of carbonyl (C=O) groups excluding carboxylic acids is 2. The number of phenolic OH excluding ortho intramolecular Hbond substituents is 1. The van der Waals surface area contributed by atoms with Crippen molar-refractivity contribution < 1.29 is 23.8 Å². The van der Waals surface area contributed by atoms with Crippen LogP contribution in [0.25, 0.3) is 11.3 Å². The highest BCUT2D eigenvalue weighted by Crippen LogP contribution is 2.47. The van der Waals surface area contributed by atoms with E-state index in [1.165, 1.54) is 24.3 Å². The zero-order valence-corrected chi connectivity index (χ0v) is 21.5. The number of nitrogens with two attached hydrogens (primary N) is 1. The van der Waals surface area contributed by atoms with Crippen LogP contribution >= 0.6 is 11.6 Å². The van der Waals surface area contributed by atoms with Crippen molar-refractivity contribution in [1.82, 2.24) is 14.8 Å². The number of nitrogens with zero attached hydrogens (tertiary/aromatic N) is 4. The third-order valence-corrected chi connectivity index (χ3v) is 8.04. The van der Waals surface area contributed by atoms with E-state index in [-0.39, 0.29) is 70.2 Å². The second-order valence-electron chi connectivity index (χ2n) is 10.1. The first-order valence-electron chi connectivity index (χ1n) is 12.2. The number of pyridine rings is 1. The predicted octanol–water partition coefficient (Wildman–Crippen LogP) is 2.79. The van der Waals surface area contributed by atoms with Crippen LogP contribution in [-0.4, -0.2) is 82.1 Å². The van der Waals surface area contributed by atoms with Gasteiger partial charge < -0.3 is 30.3 Å². The Labute approximate surface area is 219 Å². The average molecular weight is 530 g/mol. The number of piperazine rings is 1. The number of anilines is 1. The monoisotopic (exact) mass is 529 g/mol. The van der Waals surface area contributed by atoms with E-state index in [0.29, 0.717) is 26.1 Å². The third-order valence-electron chi connectivity index (χ3n) is 7.69. The summed E-state index contributed by atoms with van der Waals surface area (Å²) in [6.07, 6.45) is 1.90. The van der Waals surface area contributed by atoms with Gasteiger partial charge in [-0.3, -0.25) is 9.59 Å². The Hall–Kier alpha value is -3.37. The molecule has 37 heavy (non-hydrogen) atoms. The lowest BCUT2D eigenvalue weighted by Crippen LogP contribution is -2.57. The molecule has 3 aliphatic heterocycles. The number of rotatable bonds is 3. The number of hydrogen-bond donors (Lipinski definition) is 2. The molecule has 3 N–H and O–H groups in total. The minimum atomic E-state index is -0.714. The molecule has 5 rings (SSSR count). The van der Waals surface area contributed by atoms with Gasteiger partial charge in [0.15, 0.2) is 5.75 Å². The highest BCUT2D eigenvalue weighted by Gasteiger charge is 2.46. The fraction of sp³-hybridized carbons (Fsp3) is 0.423. The molecule has 11 heteroatoms. The van der Waals surface area contributed by atoms with Gasteiger partial charge >= 0.3 is 0 Å². The fourth-order valence-electron chi connectivity index (χ4n) is 5.37. The molecular formula is C26H29ClFN5O4. The molecule has 0 bridgehead atoms. The number of ether oxygens (including phenoxy) is 1. The molecule has 0 radical (unpaired) electrons. The van der Waals surface area contributed by atoms with Crippen LogP contribution in [0.1, 0.15) is 30.6 Å². The van der Waals surface area contributed by atoms with E-state index in [0.717, 1.165) is 0 Å². The molecule has 2 fully saturated rings. The van der Waals surface area contributed by atoms with Gasteiger partial charge in [0, 0.05) is 32.2 Å². The fourth-order valence-corrected chi connectivity index (χ4v) is 5.66. The van der Waals surface area contributed by atoms with E-state index in [4.69, 9.17) is 27.1 Å². The zero-order chi connectivity index (χ0) is 26.6. The molecular weight excluding hydrogens is 501 g/mol. The number of halogens is 2. The maximum absolute atomic E-state index is 15.0. The Morgan fingerprint density at radius 1 is 1.32 bits per heavy atom. The Bertz CT molecular complexity index is 1280. The third kappa shape index (κ3) is 3.99. The van der Waals surface area contributed by atoms with Crippen LogP contribution in [0.2, 0.25) is 5.02 Å². The SMILES string of the molecule is C=CC(=O)N1CCN2C(=O)c3c(N4CCC(N)C4(C)C)nc(-c4c(O)cccc4F)c(Cl)c3OC[C@H]2C1. The summed E-state index contributed by atoms with van der Waals surface area (Å²) < 4.78 is 21.1. The quantitative estimate of drug-likeness (QED) is 0.588. The number of fused-ring (bicyclic) bond motifs is 2. The van der Waals surface area contributed by atoms with E-state index in [1.54, 1.807) is 9.80 Å². The first-order chi connectivity index (χ1) is 17.6. The molecule has 2 saturated heterocycles. The maximum atomic E-state index is 15.0. The van der Waals surface area contributed by atoms with Crippen LogP contribution in [-0.2, 0) is 4.79 Å². The van der Waals surface area contributed by atoms with E-state index in [1.807, 2.05) is 18.7 Å². The summed E-state index contributed by atoms with van der Waals surface area (Å²) in [6.45, 7) is 8.95. The molecule has 3 aliphatic rings. The molecule has 196 valence electrons. The van der Waals surface area contributed by atoms with Gasteiger partial charge in [0.25, 0.3) is 5.91 Å². The minimum absolute atomic E-state index is 0.0292. The van der Waals surface area contributed by atoms with Crippen molar-refractivity contribution in [2.45, 2.75) is 37.9 Å². The topological polar surface area (TPSA) is 112 Å². The highest BCUT2D eigenvalue weighted by atomic mass is 35.5. The summed E-state index contributed by atoms with van der Waals surface area (Å²) in [6, 6.07) is 3.29. The van der Waals surface area contributed by atoms with Crippen LogP contribution in [0.3, 0.4) is 0 Å². The molecule has 2 amide bonds. The Balaban J connectivity index is 1.70. The normalized spacial score (nSPS) is 22.7. The minimum Gasteiger partial charge on any atom is -0.507 e. The van der Waals surface area contributed by atoms with E-state index in [2.05, 4.69) is 6.58 Å². The van der Waals surface area contributed by atoms with E-state index < -0.39 is 17.4 Å². The maximum Gasteiger partial charge on any atom is 0.261 e. The van der Waals surface area contributed by atoms with Crippen molar-refractivity contribution in [3.8, 4) is 22.8 Å². The summed E-state index contributed by atoms with van der Waals surface area (Å²) in [5.74, 6) is -1.28. The number of phenols is 1. The van der Waals surface area contributed by atoms with Crippen LogP contribution < -0.4 is 15.4 Å².